The summed E-state index contributed by atoms with van der Waals surface area (Å²) < 4.78 is 1.92. The van der Waals surface area contributed by atoms with Gasteiger partial charge in [-0.15, -0.1) is 0 Å². The third kappa shape index (κ3) is 3.51. The number of aromatic nitrogens is 2. The lowest BCUT2D eigenvalue weighted by atomic mass is 10.1. The van der Waals surface area contributed by atoms with E-state index in [0.717, 1.165) is 43.7 Å². The number of benzene rings is 1. The molecule has 1 aromatic heterocycles. The lowest BCUT2D eigenvalue weighted by Crippen LogP contribution is -2.42. The van der Waals surface area contributed by atoms with Crippen LogP contribution < -0.4 is 5.32 Å². The SMILES string of the molecule is CCCN(C(=O)c1cnn(Cc2ccccc2)c1C)C1CCNC1. The minimum Gasteiger partial charge on any atom is -0.334 e. The first-order chi connectivity index (χ1) is 11.7. The Balaban J connectivity index is 1.79. The van der Waals surface area contributed by atoms with Gasteiger partial charge in [-0.3, -0.25) is 9.48 Å². The number of amides is 1. The van der Waals surface area contributed by atoms with Gasteiger partial charge in [-0.1, -0.05) is 37.3 Å². The molecule has 1 amide bonds. The first kappa shape index (κ1) is 16.7. The lowest BCUT2D eigenvalue weighted by Gasteiger charge is -2.28. The molecule has 0 saturated carbocycles. The molecule has 24 heavy (non-hydrogen) atoms. The van der Waals surface area contributed by atoms with Gasteiger partial charge in [-0.2, -0.15) is 5.10 Å². The van der Waals surface area contributed by atoms with Gasteiger partial charge in [0, 0.05) is 24.8 Å². The topological polar surface area (TPSA) is 50.2 Å². The van der Waals surface area contributed by atoms with Gasteiger partial charge in [0.05, 0.1) is 18.3 Å². The van der Waals surface area contributed by atoms with Crippen LogP contribution in [0.2, 0.25) is 0 Å². The van der Waals surface area contributed by atoms with Crippen LogP contribution in [0.25, 0.3) is 0 Å². The predicted octanol–water partition coefficient (Wildman–Crippen LogP) is 2.45. The molecular formula is C19H26N4O. The molecule has 3 rings (SSSR count). The van der Waals surface area contributed by atoms with Gasteiger partial charge < -0.3 is 10.2 Å². The van der Waals surface area contributed by atoms with Crippen molar-refractivity contribution in [3.05, 3.63) is 53.3 Å². The molecule has 1 unspecified atom stereocenters. The van der Waals surface area contributed by atoms with Crippen molar-refractivity contribution in [2.75, 3.05) is 19.6 Å². The number of rotatable bonds is 6. The van der Waals surface area contributed by atoms with Crippen LogP contribution in [-0.4, -0.2) is 46.3 Å². The van der Waals surface area contributed by atoms with Crippen molar-refractivity contribution < 1.29 is 4.79 Å². The van der Waals surface area contributed by atoms with Crippen molar-refractivity contribution in [3.8, 4) is 0 Å². The van der Waals surface area contributed by atoms with Gasteiger partial charge in [-0.05, 0) is 31.9 Å². The number of nitrogens with one attached hydrogen (secondary N) is 1. The van der Waals surface area contributed by atoms with E-state index in [-0.39, 0.29) is 5.91 Å². The normalized spacial score (nSPS) is 17.2. The fourth-order valence-electron chi connectivity index (χ4n) is 3.32. The van der Waals surface area contributed by atoms with Gasteiger partial charge in [0.2, 0.25) is 0 Å². The number of nitrogens with zero attached hydrogens (tertiary/aromatic N) is 3. The van der Waals surface area contributed by atoms with E-state index in [1.54, 1.807) is 6.20 Å². The summed E-state index contributed by atoms with van der Waals surface area (Å²) in [6, 6.07) is 10.5. The largest absolute Gasteiger partial charge is 0.334 e. The highest BCUT2D eigenvalue weighted by molar-refractivity contribution is 5.95. The average Bonchev–Trinajstić information content (AvgIpc) is 3.24. The molecule has 5 heteroatoms. The molecule has 1 aliphatic rings. The number of carbonyl (C=O) groups is 1. The minimum atomic E-state index is 0.113. The molecule has 128 valence electrons. The molecule has 1 saturated heterocycles. The molecule has 0 bridgehead atoms. The molecule has 1 fully saturated rings. The van der Waals surface area contributed by atoms with Crippen LogP contribution in [0, 0.1) is 6.92 Å². The van der Waals surface area contributed by atoms with Crippen LogP contribution in [0.3, 0.4) is 0 Å². The summed E-state index contributed by atoms with van der Waals surface area (Å²) in [6.07, 6.45) is 3.73. The molecule has 0 spiro atoms. The molecule has 0 aliphatic carbocycles. The van der Waals surface area contributed by atoms with Gasteiger partial charge in [0.25, 0.3) is 5.91 Å². The standard InChI is InChI=1S/C19H26N4O/c1-3-11-22(17-9-10-20-12-17)19(24)18-13-21-23(15(18)2)14-16-7-5-4-6-8-16/h4-8,13,17,20H,3,9-12,14H2,1-2H3. The van der Waals surface area contributed by atoms with Crippen LogP contribution in [-0.2, 0) is 6.54 Å². The third-order valence-electron chi connectivity index (χ3n) is 4.71. The second kappa shape index (κ2) is 7.62. The predicted molar refractivity (Wildman–Crippen MR) is 95.1 cm³/mol. The zero-order chi connectivity index (χ0) is 16.9. The molecular weight excluding hydrogens is 300 g/mol. The number of hydrogen-bond acceptors (Lipinski definition) is 3. The smallest absolute Gasteiger partial charge is 0.257 e. The summed E-state index contributed by atoms with van der Waals surface area (Å²) in [4.78, 5) is 15.1. The van der Waals surface area contributed by atoms with Crippen molar-refractivity contribution in [3.63, 3.8) is 0 Å². The van der Waals surface area contributed by atoms with Crippen LogP contribution in [0.5, 0.6) is 0 Å². The Bertz CT molecular complexity index is 674. The third-order valence-corrected chi connectivity index (χ3v) is 4.71. The minimum absolute atomic E-state index is 0.113. The summed E-state index contributed by atoms with van der Waals surface area (Å²) >= 11 is 0. The van der Waals surface area contributed by atoms with Crippen LogP contribution in [0.1, 0.15) is 41.4 Å². The fraction of sp³-hybridized carbons (Fsp3) is 0.474. The van der Waals surface area contributed by atoms with Crippen molar-refractivity contribution >= 4 is 5.91 Å². The zero-order valence-corrected chi connectivity index (χ0v) is 14.5. The van der Waals surface area contributed by atoms with E-state index < -0.39 is 0 Å². The maximum Gasteiger partial charge on any atom is 0.257 e. The Kier molecular flexibility index (Phi) is 5.30. The first-order valence-corrected chi connectivity index (χ1v) is 8.78. The van der Waals surface area contributed by atoms with E-state index in [2.05, 4.69) is 29.5 Å². The Labute approximate surface area is 143 Å². The van der Waals surface area contributed by atoms with Crippen LogP contribution in [0.15, 0.2) is 36.5 Å². The molecule has 0 radical (unpaired) electrons. The van der Waals surface area contributed by atoms with E-state index in [9.17, 15) is 4.79 Å². The maximum atomic E-state index is 13.1. The van der Waals surface area contributed by atoms with Gasteiger partial charge in [0.15, 0.2) is 0 Å². The zero-order valence-electron chi connectivity index (χ0n) is 14.5. The first-order valence-electron chi connectivity index (χ1n) is 8.78. The summed E-state index contributed by atoms with van der Waals surface area (Å²) in [5, 5.41) is 7.81. The molecule has 1 aliphatic heterocycles. The fourth-order valence-corrected chi connectivity index (χ4v) is 3.32. The van der Waals surface area contributed by atoms with E-state index in [1.165, 1.54) is 5.56 Å². The number of hydrogen-bond donors (Lipinski definition) is 1. The molecule has 2 heterocycles. The quantitative estimate of drug-likeness (QED) is 0.887. The highest BCUT2D eigenvalue weighted by Crippen LogP contribution is 2.17. The molecule has 5 nitrogen and oxygen atoms in total. The van der Waals surface area contributed by atoms with E-state index in [1.807, 2.05) is 34.7 Å². The Morgan fingerprint density at radius 1 is 1.38 bits per heavy atom. The van der Waals surface area contributed by atoms with E-state index in [0.29, 0.717) is 12.6 Å². The molecule has 1 atom stereocenters. The van der Waals surface area contributed by atoms with Gasteiger partial charge in [0.1, 0.15) is 0 Å². The van der Waals surface area contributed by atoms with E-state index >= 15 is 0 Å². The molecule has 1 aromatic carbocycles. The van der Waals surface area contributed by atoms with E-state index in [4.69, 9.17) is 0 Å². The van der Waals surface area contributed by atoms with Crippen molar-refractivity contribution in [1.82, 2.24) is 20.0 Å². The highest BCUT2D eigenvalue weighted by atomic mass is 16.2. The molecule has 1 N–H and O–H groups in total. The average molecular weight is 326 g/mol. The van der Waals surface area contributed by atoms with Crippen molar-refractivity contribution in [1.29, 1.82) is 0 Å². The second-order valence-electron chi connectivity index (χ2n) is 6.43. The Hall–Kier alpha value is -2.14. The monoisotopic (exact) mass is 326 g/mol. The highest BCUT2D eigenvalue weighted by Gasteiger charge is 2.28. The molecule has 2 aromatic rings. The Morgan fingerprint density at radius 3 is 2.83 bits per heavy atom. The van der Waals surface area contributed by atoms with Crippen LogP contribution >= 0.6 is 0 Å². The summed E-state index contributed by atoms with van der Waals surface area (Å²) in [5.74, 6) is 0.113. The summed E-state index contributed by atoms with van der Waals surface area (Å²) in [5.41, 5.74) is 2.86. The number of carbonyl (C=O) groups excluding carboxylic acids is 1. The maximum absolute atomic E-state index is 13.1. The Morgan fingerprint density at radius 2 is 2.17 bits per heavy atom. The second-order valence-corrected chi connectivity index (χ2v) is 6.43. The van der Waals surface area contributed by atoms with Gasteiger partial charge in [-0.25, -0.2) is 0 Å². The lowest BCUT2D eigenvalue weighted by molar-refractivity contribution is 0.0691. The van der Waals surface area contributed by atoms with Gasteiger partial charge >= 0.3 is 0 Å². The summed E-state index contributed by atoms with van der Waals surface area (Å²) in [6.45, 7) is 7.48. The van der Waals surface area contributed by atoms with Crippen LogP contribution in [0.4, 0.5) is 0 Å². The van der Waals surface area contributed by atoms with Crippen molar-refractivity contribution in [2.45, 2.75) is 39.3 Å². The summed E-state index contributed by atoms with van der Waals surface area (Å²) in [7, 11) is 0. The van der Waals surface area contributed by atoms with Crippen molar-refractivity contribution in [2.24, 2.45) is 0 Å².